The molecule has 0 aromatic heterocycles. The minimum atomic E-state index is 0.646. The second-order valence-electron chi connectivity index (χ2n) is 5.18. The lowest BCUT2D eigenvalue weighted by atomic mass is 9.73. The van der Waals surface area contributed by atoms with Crippen molar-refractivity contribution in [3.05, 3.63) is 0 Å². The summed E-state index contributed by atoms with van der Waals surface area (Å²) in [4.78, 5) is 0. The molecule has 0 heterocycles. The first-order chi connectivity index (χ1) is 6.65. The summed E-state index contributed by atoms with van der Waals surface area (Å²) in [5.41, 5.74) is 0. The highest BCUT2D eigenvalue weighted by molar-refractivity contribution is 5.04. The van der Waals surface area contributed by atoms with E-state index >= 15 is 0 Å². The molecule has 0 aliphatic heterocycles. The van der Waals surface area contributed by atoms with Crippen LogP contribution in [0.25, 0.3) is 0 Å². The van der Waals surface area contributed by atoms with Crippen molar-refractivity contribution in [2.24, 2.45) is 23.7 Å². The molecule has 0 aromatic carbocycles. The number of rotatable bonds is 2. The van der Waals surface area contributed by atoms with E-state index in [0.29, 0.717) is 5.92 Å². The summed E-state index contributed by atoms with van der Waals surface area (Å²) in [5, 5.41) is 0. The molecule has 0 aromatic rings. The third-order valence-corrected chi connectivity index (χ3v) is 3.60. The Morgan fingerprint density at radius 1 is 1.07 bits per heavy atom. The molecule has 1 rings (SSSR count). The molecule has 0 radical (unpaired) electrons. The van der Waals surface area contributed by atoms with Gasteiger partial charge in [-0.3, -0.25) is 0 Å². The summed E-state index contributed by atoms with van der Waals surface area (Å²) in [6.45, 7) is 8.98. The average Bonchev–Trinajstić information content (AvgIpc) is 2.15. The molecule has 0 bridgehead atoms. The van der Waals surface area contributed by atoms with Gasteiger partial charge in [0.05, 0.1) is 0 Å². The number of hydrogen-bond donors (Lipinski definition) is 0. The highest BCUT2D eigenvalue weighted by atomic mass is 14.3. The topological polar surface area (TPSA) is 0 Å². The van der Waals surface area contributed by atoms with Gasteiger partial charge in [0.2, 0.25) is 0 Å². The standard InChI is InChI=1S/C14H24/c1-5-6-14(11(2)3)13-9-7-12(4)8-10-13/h11-14H,7-10H2,1-4H3. The van der Waals surface area contributed by atoms with Crippen LogP contribution in [0, 0.1) is 35.5 Å². The fraction of sp³-hybridized carbons (Fsp3) is 0.857. The summed E-state index contributed by atoms with van der Waals surface area (Å²) >= 11 is 0. The third kappa shape index (κ3) is 3.05. The van der Waals surface area contributed by atoms with Crippen LogP contribution in [0.3, 0.4) is 0 Å². The van der Waals surface area contributed by atoms with Crippen LogP contribution < -0.4 is 0 Å². The molecule has 0 N–H and O–H groups in total. The van der Waals surface area contributed by atoms with Gasteiger partial charge in [0.1, 0.15) is 0 Å². The third-order valence-electron chi connectivity index (χ3n) is 3.60. The van der Waals surface area contributed by atoms with E-state index < -0.39 is 0 Å². The van der Waals surface area contributed by atoms with E-state index in [-0.39, 0.29) is 0 Å². The Hall–Kier alpha value is -0.440. The molecule has 0 nitrogen and oxygen atoms in total. The Labute approximate surface area is 89.5 Å². The van der Waals surface area contributed by atoms with E-state index in [2.05, 4.69) is 32.6 Å². The lowest BCUT2D eigenvalue weighted by molar-refractivity contribution is 0.212. The van der Waals surface area contributed by atoms with Crippen LogP contribution in [0.15, 0.2) is 0 Å². The predicted octanol–water partition coefficient (Wildman–Crippen LogP) is 4.11. The first kappa shape index (κ1) is 11.6. The van der Waals surface area contributed by atoms with Crippen molar-refractivity contribution < 1.29 is 0 Å². The van der Waals surface area contributed by atoms with Crippen LogP contribution in [0.4, 0.5) is 0 Å². The van der Waals surface area contributed by atoms with Gasteiger partial charge >= 0.3 is 0 Å². The first-order valence-electron chi connectivity index (χ1n) is 6.07. The molecule has 0 heteroatoms. The van der Waals surface area contributed by atoms with E-state index in [1.807, 2.05) is 6.92 Å². The lowest BCUT2D eigenvalue weighted by Crippen LogP contribution is -2.23. The van der Waals surface area contributed by atoms with Crippen molar-refractivity contribution in [1.29, 1.82) is 0 Å². The van der Waals surface area contributed by atoms with Crippen molar-refractivity contribution in [3.8, 4) is 11.8 Å². The van der Waals surface area contributed by atoms with E-state index in [1.165, 1.54) is 25.7 Å². The molecular weight excluding hydrogens is 168 g/mol. The molecule has 0 amide bonds. The van der Waals surface area contributed by atoms with Gasteiger partial charge in [-0.1, -0.05) is 39.5 Å². The summed E-state index contributed by atoms with van der Waals surface area (Å²) < 4.78 is 0. The Morgan fingerprint density at radius 3 is 2.07 bits per heavy atom. The Morgan fingerprint density at radius 2 is 1.64 bits per heavy atom. The molecule has 14 heavy (non-hydrogen) atoms. The van der Waals surface area contributed by atoms with Crippen LogP contribution in [-0.4, -0.2) is 0 Å². The van der Waals surface area contributed by atoms with Crippen molar-refractivity contribution in [3.63, 3.8) is 0 Å². The maximum absolute atomic E-state index is 3.42. The fourth-order valence-electron chi connectivity index (χ4n) is 2.64. The predicted molar refractivity (Wildman–Crippen MR) is 62.9 cm³/mol. The van der Waals surface area contributed by atoms with E-state index in [0.717, 1.165) is 17.8 Å². The molecule has 1 fully saturated rings. The molecule has 1 unspecified atom stereocenters. The molecular formula is C14H24. The molecule has 1 aliphatic rings. The normalized spacial score (nSPS) is 29.5. The summed E-state index contributed by atoms with van der Waals surface area (Å²) in [6.07, 6.45) is 5.63. The molecule has 80 valence electrons. The monoisotopic (exact) mass is 192 g/mol. The smallest absolute Gasteiger partial charge is 0.0253 e. The van der Waals surface area contributed by atoms with Crippen molar-refractivity contribution in [2.45, 2.75) is 53.4 Å². The SMILES string of the molecule is CC#CC(C(C)C)C1CCC(C)CC1. The van der Waals surface area contributed by atoms with E-state index in [1.54, 1.807) is 0 Å². The van der Waals surface area contributed by atoms with Gasteiger partial charge < -0.3 is 0 Å². The highest BCUT2D eigenvalue weighted by Crippen LogP contribution is 2.35. The Kier molecular flexibility index (Phi) is 4.52. The van der Waals surface area contributed by atoms with Crippen LogP contribution in [0.2, 0.25) is 0 Å². The Bertz CT molecular complexity index is 208. The van der Waals surface area contributed by atoms with Gasteiger partial charge in [0.25, 0.3) is 0 Å². The summed E-state index contributed by atoms with van der Waals surface area (Å²) in [7, 11) is 0. The number of hydrogen-bond acceptors (Lipinski definition) is 0. The van der Waals surface area contributed by atoms with E-state index in [4.69, 9.17) is 0 Å². The summed E-state index contributed by atoms with van der Waals surface area (Å²) in [6, 6.07) is 0. The second kappa shape index (κ2) is 5.44. The van der Waals surface area contributed by atoms with Crippen molar-refractivity contribution in [1.82, 2.24) is 0 Å². The first-order valence-corrected chi connectivity index (χ1v) is 6.07. The minimum absolute atomic E-state index is 0.646. The van der Waals surface area contributed by atoms with Crippen LogP contribution in [-0.2, 0) is 0 Å². The molecule has 1 saturated carbocycles. The van der Waals surface area contributed by atoms with Crippen molar-refractivity contribution >= 4 is 0 Å². The maximum Gasteiger partial charge on any atom is 0.0253 e. The lowest BCUT2D eigenvalue weighted by Gasteiger charge is -2.32. The van der Waals surface area contributed by atoms with Gasteiger partial charge in [0, 0.05) is 5.92 Å². The van der Waals surface area contributed by atoms with Gasteiger partial charge in [-0.15, -0.1) is 5.92 Å². The van der Waals surface area contributed by atoms with Crippen LogP contribution >= 0.6 is 0 Å². The zero-order valence-corrected chi connectivity index (χ0v) is 10.1. The van der Waals surface area contributed by atoms with Crippen molar-refractivity contribution in [2.75, 3.05) is 0 Å². The molecule has 0 saturated heterocycles. The largest absolute Gasteiger partial charge is 0.106 e. The van der Waals surface area contributed by atoms with Crippen LogP contribution in [0.1, 0.15) is 53.4 Å². The fourth-order valence-corrected chi connectivity index (χ4v) is 2.64. The zero-order chi connectivity index (χ0) is 10.6. The molecule has 1 aliphatic carbocycles. The molecule has 1 atom stereocenters. The maximum atomic E-state index is 3.42. The second-order valence-corrected chi connectivity index (χ2v) is 5.18. The minimum Gasteiger partial charge on any atom is -0.106 e. The summed E-state index contributed by atoms with van der Waals surface area (Å²) in [5.74, 6) is 9.72. The van der Waals surface area contributed by atoms with Gasteiger partial charge in [-0.25, -0.2) is 0 Å². The zero-order valence-electron chi connectivity index (χ0n) is 10.1. The van der Waals surface area contributed by atoms with Gasteiger partial charge in [-0.05, 0) is 37.5 Å². The van der Waals surface area contributed by atoms with E-state index in [9.17, 15) is 0 Å². The quantitative estimate of drug-likeness (QED) is 0.578. The van der Waals surface area contributed by atoms with Gasteiger partial charge in [0.15, 0.2) is 0 Å². The average molecular weight is 192 g/mol. The highest BCUT2D eigenvalue weighted by Gasteiger charge is 2.26. The van der Waals surface area contributed by atoms with Crippen LogP contribution in [0.5, 0.6) is 0 Å². The Balaban J connectivity index is 2.55. The van der Waals surface area contributed by atoms with Gasteiger partial charge in [-0.2, -0.15) is 0 Å². The molecule has 0 spiro atoms.